The van der Waals surface area contributed by atoms with Crippen LogP contribution in [-0.2, 0) is 4.74 Å². The van der Waals surface area contributed by atoms with E-state index >= 15 is 0 Å². The molecule has 0 radical (unpaired) electrons. The zero-order valence-corrected chi connectivity index (χ0v) is 12.6. The van der Waals surface area contributed by atoms with Gasteiger partial charge in [-0.3, -0.25) is 0 Å². The van der Waals surface area contributed by atoms with E-state index in [0.29, 0.717) is 6.10 Å². The molecule has 2 saturated carbocycles. The standard InChI is InChI=1S/C14H25IO/c1-11(12-6-5-7-12)10-16-14-9-4-2-3-8-13(14)15/h11-14H,2-10H2,1H3. The SMILES string of the molecule is CC(COC1CCCCCC1I)C1CCC1. The Hall–Kier alpha value is 0.690. The molecule has 2 aliphatic carbocycles. The molecular formula is C14H25IO. The van der Waals surface area contributed by atoms with Gasteiger partial charge >= 0.3 is 0 Å². The predicted octanol–water partition coefficient (Wildman–Crippen LogP) is 4.58. The van der Waals surface area contributed by atoms with E-state index in [4.69, 9.17) is 4.74 Å². The topological polar surface area (TPSA) is 9.23 Å². The minimum Gasteiger partial charge on any atom is -0.377 e. The van der Waals surface area contributed by atoms with Crippen LogP contribution in [0.3, 0.4) is 0 Å². The molecule has 0 N–H and O–H groups in total. The van der Waals surface area contributed by atoms with Crippen LogP contribution in [0.4, 0.5) is 0 Å². The van der Waals surface area contributed by atoms with Crippen LogP contribution in [-0.4, -0.2) is 16.6 Å². The highest BCUT2D eigenvalue weighted by molar-refractivity contribution is 14.1. The molecule has 3 unspecified atom stereocenters. The van der Waals surface area contributed by atoms with E-state index in [-0.39, 0.29) is 0 Å². The second-order valence-electron chi connectivity index (χ2n) is 5.69. The first-order valence-electron chi connectivity index (χ1n) is 7.03. The van der Waals surface area contributed by atoms with Crippen LogP contribution in [0, 0.1) is 11.8 Å². The van der Waals surface area contributed by atoms with Crippen molar-refractivity contribution in [3.63, 3.8) is 0 Å². The Balaban J connectivity index is 1.70. The summed E-state index contributed by atoms with van der Waals surface area (Å²) >= 11 is 2.61. The van der Waals surface area contributed by atoms with Crippen LogP contribution < -0.4 is 0 Å². The molecule has 0 aromatic rings. The van der Waals surface area contributed by atoms with Crippen molar-refractivity contribution in [2.75, 3.05) is 6.61 Å². The first kappa shape index (κ1) is 13.1. The summed E-state index contributed by atoms with van der Waals surface area (Å²) < 4.78 is 6.94. The van der Waals surface area contributed by atoms with E-state index in [9.17, 15) is 0 Å². The van der Waals surface area contributed by atoms with Gasteiger partial charge in [-0.15, -0.1) is 0 Å². The molecule has 2 rings (SSSR count). The van der Waals surface area contributed by atoms with Crippen molar-refractivity contribution in [1.82, 2.24) is 0 Å². The van der Waals surface area contributed by atoms with Crippen molar-refractivity contribution in [3.05, 3.63) is 0 Å². The Morgan fingerprint density at radius 1 is 1.06 bits per heavy atom. The number of rotatable bonds is 4. The third-order valence-electron chi connectivity index (χ3n) is 4.40. The lowest BCUT2D eigenvalue weighted by Gasteiger charge is -2.32. The normalized spacial score (nSPS) is 34.1. The lowest BCUT2D eigenvalue weighted by molar-refractivity contribution is 0.00689. The highest BCUT2D eigenvalue weighted by Gasteiger charge is 2.27. The maximum Gasteiger partial charge on any atom is 0.0692 e. The van der Waals surface area contributed by atoms with Crippen LogP contribution in [0.5, 0.6) is 0 Å². The zero-order chi connectivity index (χ0) is 11.4. The molecule has 0 amide bonds. The molecule has 0 spiro atoms. The lowest BCUT2D eigenvalue weighted by Crippen LogP contribution is -2.29. The molecule has 1 nitrogen and oxygen atoms in total. The molecule has 2 heteroatoms. The molecule has 0 saturated heterocycles. The van der Waals surface area contributed by atoms with E-state index in [1.807, 2.05) is 0 Å². The molecule has 16 heavy (non-hydrogen) atoms. The van der Waals surface area contributed by atoms with Crippen LogP contribution in [0.1, 0.15) is 58.3 Å². The summed E-state index contributed by atoms with van der Waals surface area (Å²) in [6.45, 7) is 3.39. The predicted molar refractivity (Wildman–Crippen MR) is 77.1 cm³/mol. The lowest BCUT2D eigenvalue weighted by atomic mass is 9.77. The van der Waals surface area contributed by atoms with Crippen LogP contribution in [0.2, 0.25) is 0 Å². The van der Waals surface area contributed by atoms with Crippen molar-refractivity contribution in [3.8, 4) is 0 Å². The van der Waals surface area contributed by atoms with E-state index < -0.39 is 0 Å². The van der Waals surface area contributed by atoms with Gasteiger partial charge in [0.25, 0.3) is 0 Å². The molecule has 2 fully saturated rings. The minimum atomic E-state index is 0.547. The van der Waals surface area contributed by atoms with Gasteiger partial charge in [0.1, 0.15) is 0 Å². The maximum atomic E-state index is 6.19. The largest absolute Gasteiger partial charge is 0.377 e. The number of halogens is 1. The fourth-order valence-electron chi connectivity index (χ4n) is 2.84. The molecule has 3 atom stereocenters. The first-order valence-corrected chi connectivity index (χ1v) is 8.27. The smallest absolute Gasteiger partial charge is 0.0692 e. The summed E-state index contributed by atoms with van der Waals surface area (Å²) in [5, 5.41) is 0. The highest BCUT2D eigenvalue weighted by Crippen LogP contribution is 2.34. The summed E-state index contributed by atoms with van der Waals surface area (Å²) in [4.78, 5) is 0. The summed E-state index contributed by atoms with van der Waals surface area (Å²) in [6.07, 6.45) is 11.8. The number of hydrogen-bond donors (Lipinski definition) is 0. The fraction of sp³-hybridized carbons (Fsp3) is 1.00. The van der Waals surface area contributed by atoms with E-state index in [2.05, 4.69) is 29.5 Å². The fourth-order valence-corrected chi connectivity index (χ4v) is 3.84. The summed E-state index contributed by atoms with van der Waals surface area (Å²) in [6, 6.07) is 0. The number of hydrogen-bond acceptors (Lipinski definition) is 1. The van der Waals surface area contributed by atoms with Gasteiger partial charge < -0.3 is 4.74 Å². The summed E-state index contributed by atoms with van der Waals surface area (Å²) in [5.74, 6) is 1.76. The molecule has 0 heterocycles. The van der Waals surface area contributed by atoms with Crippen molar-refractivity contribution in [2.45, 2.75) is 68.3 Å². The van der Waals surface area contributed by atoms with Gasteiger partial charge in [0, 0.05) is 10.5 Å². The second-order valence-corrected chi connectivity index (χ2v) is 7.29. The van der Waals surface area contributed by atoms with Gasteiger partial charge in [0.15, 0.2) is 0 Å². The summed E-state index contributed by atoms with van der Waals surface area (Å²) in [7, 11) is 0. The third-order valence-corrected chi connectivity index (χ3v) is 5.82. The minimum absolute atomic E-state index is 0.547. The zero-order valence-electron chi connectivity index (χ0n) is 10.5. The van der Waals surface area contributed by atoms with E-state index in [0.717, 1.165) is 22.4 Å². The third kappa shape index (κ3) is 3.59. The number of alkyl halides is 1. The Morgan fingerprint density at radius 2 is 1.81 bits per heavy atom. The molecule has 94 valence electrons. The number of ether oxygens (including phenoxy) is 1. The van der Waals surface area contributed by atoms with Crippen LogP contribution in [0.15, 0.2) is 0 Å². The average Bonchev–Trinajstić information content (AvgIpc) is 2.37. The molecule has 0 aromatic heterocycles. The average molecular weight is 336 g/mol. The Labute approximate surface area is 114 Å². The van der Waals surface area contributed by atoms with Crippen molar-refractivity contribution < 1.29 is 4.74 Å². The monoisotopic (exact) mass is 336 g/mol. The Bertz CT molecular complexity index is 203. The quantitative estimate of drug-likeness (QED) is 0.415. The second kappa shape index (κ2) is 6.58. The van der Waals surface area contributed by atoms with Gasteiger partial charge in [-0.25, -0.2) is 0 Å². The van der Waals surface area contributed by atoms with Gasteiger partial charge in [0.05, 0.1) is 6.10 Å². The maximum absolute atomic E-state index is 6.19. The summed E-state index contributed by atoms with van der Waals surface area (Å²) in [5.41, 5.74) is 0. The van der Waals surface area contributed by atoms with Gasteiger partial charge in [-0.1, -0.05) is 68.0 Å². The van der Waals surface area contributed by atoms with Crippen molar-refractivity contribution >= 4 is 22.6 Å². The van der Waals surface area contributed by atoms with Gasteiger partial charge in [0.2, 0.25) is 0 Å². The van der Waals surface area contributed by atoms with Crippen LogP contribution >= 0.6 is 22.6 Å². The first-order chi connectivity index (χ1) is 7.77. The Morgan fingerprint density at radius 3 is 2.50 bits per heavy atom. The van der Waals surface area contributed by atoms with E-state index in [1.165, 1.54) is 51.4 Å². The highest BCUT2D eigenvalue weighted by atomic mass is 127. The molecule has 0 bridgehead atoms. The van der Waals surface area contributed by atoms with Crippen LogP contribution in [0.25, 0.3) is 0 Å². The van der Waals surface area contributed by atoms with Crippen molar-refractivity contribution in [2.24, 2.45) is 11.8 Å². The molecular weight excluding hydrogens is 311 g/mol. The van der Waals surface area contributed by atoms with Gasteiger partial charge in [-0.05, 0) is 24.7 Å². The molecule has 0 aromatic carbocycles. The van der Waals surface area contributed by atoms with Gasteiger partial charge in [-0.2, -0.15) is 0 Å². The molecule has 0 aliphatic heterocycles. The van der Waals surface area contributed by atoms with E-state index in [1.54, 1.807) is 0 Å². The molecule has 2 aliphatic rings. The Kier molecular flexibility index (Phi) is 5.40. The van der Waals surface area contributed by atoms with Crippen molar-refractivity contribution in [1.29, 1.82) is 0 Å².